The number of aryl methyl sites for hydroxylation is 1. The van der Waals surface area contributed by atoms with Crippen molar-refractivity contribution >= 4 is 38.6 Å². The molecule has 0 spiro atoms. The highest BCUT2D eigenvalue weighted by atomic mass is 32.2. The van der Waals surface area contributed by atoms with Crippen LogP contribution in [0.3, 0.4) is 0 Å². The Morgan fingerprint density at radius 2 is 1.56 bits per heavy atom. The summed E-state index contributed by atoms with van der Waals surface area (Å²) < 4.78 is 38.9. The molecule has 220 valence electrons. The number of sulfonamides is 1. The van der Waals surface area contributed by atoms with E-state index in [9.17, 15) is 18.0 Å². The number of pyridine rings is 1. The number of carbonyl (C=O) groups is 2. The van der Waals surface area contributed by atoms with E-state index in [0.717, 1.165) is 33.2 Å². The van der Waals surface area contributed by atoms with Gasteiger partial charge in [0.25, 0.3) is 5.91 Å². The fraction of sp³-hybridized carbons (Fsp3) is 0.182. The van der Waals surface area contributed by atoms with Crippen LogP contribution in [-0.4, -0.2) is 38.4 Å². The van der Waals surface area contributed by atoms with Crippen LogP contribution in [0, 0.1) is 12.8 Å². The predicted octanol–water partition coefficient (Wildman–Crippen LogP) is 6.20. The molecule has 2 N–H and O–H groups in total. The molecule has 0 saturated heterocycles. The summed E-state index contributed by atoms with van der Waals surface area (Å²) in [5.74, 6) is -1.08. The van der Waals surface area contributed by atoms with E-state index < -0.39 is 22.0 Å². The molecule has 43 heavy (non-hydrogen) atoms. The van der Waals surface area contributed by atoms with Gasteiger partial charge in [-0.2, -0.15) is 4.72 Å². The molecule has 2 aromatic heterocycles. The maximum absolute atomic E-state index is 13.2. The van der Waals surface area contributed by atoms with Crippen LogP contribution in [0.5, 0.6) is 0 Å². The van der Waals surface area contributed by atoms with Crippen molar-refractivity contribution in [2.24, 2.45) is 5.92 Å². The van der Waals surface area contributed by atoms with E-state index in [-0.39, 0.29) is 22.5 Å². The van der Waals surface area contributed by atoms with Gasteiger partial charge < -0.3 is 14.5 Å². The predicted molar refractivity (Wildman–Crippen MR) is 165 cm³/mol. The third-order valence-corrected chi connectivity index (χ3v) is 8.63. The fourth-order valence-electron chi connectivity index (χ4n) is 4.86. The van der Waals surface area contributed by atoms with Crippen molar-refractivity contribution in [1.29, 1.82) is 0 Å². The number of esters is 1. The van der Waals surface area contributed by atoms with Crippen LogP contribution < -0.4 is 10.0 Å². The summed E-state index contributed by atoms with van der Waals surface area (Å²) in [6.07, 6.45) is 3.49. The highest BCUT2D eigenvalue weighted by Crippen LogP contribution is 2.34. The third kappa shape index (κ3) is 6.20. The van der Waals surface area contributed by atoms with E-state index in [1.165, 1.54) is 19.2 Å². The van der Waals surface area contributed by atoms with Crippen molar-refractivity contribution in [3.8, 4) is 22.3 Å². The highest BCUT2D eigenvalue weighted by Gasteiger charge is 2.29. The number of carbonyl (C=O) groups excluding carboxylic acids is 2. The molecule has 0 fully saturated rings. The van der Waals surface area contributed by atoms with Crippen molar-refractivity contribution in [2.45, 2.75) is 31.7 Å². The quantitative estimate of drug-likeness (QED) is 0.194. The van der Waals surface area contributed by atoms with E-state index in [2.05, 4.69) is 15.0 Å². The SMILES string of the molecule is COC(=O)C(NS(=O)(=O)c1ccc(-c2ccc(NC(=O)c3oc4cccc(-c5cccnc5)c4c3C)cc2)cc1)C(C)C. The molecule has 1 atom stereocenters. The molecule has 0 bridgehead atoms. The van der Waals surface area contributed by atoms with Crippen LogP contribution in [-0.2, 0) is 19.6 Å². The minimum absolute atomic E-state index is 0.0302. The number of furan rings is 1. The van der Waals surface area contributed by atoms with E-state index in [1.807, 2.05) is 49.4 Å². The molecule has 2 heterocycles. The number of ether oxygens (including phenoxy) is 1. The Kier molecular flexibility index (Phi) is 8.43. The van der Waals surface area contributed by atoms with E-state index in [1.54, 1.807) is 50.5 Å². The molecule has 0 radical (unpaired) electrons. The lowest BCUT2D eigenvalue weighted by molar-refractivity contribution is -0.143. The van der Waals surface area contributed by atoms with Gasteiger partial charge in [-0.25, -0.2) is 8.42 Å². The van der Waals surface area contributed by atoms with E-state index >= 15 is 0 Å². The van der Waals surface area contributed by atoms with Crippen LogP contribution in [0.1, 0.15) is 30.0 Å². The Labute approximate surface area is 250 Å². The molecule has 0 aliphatic carbocycles. The third-order valence-electron chi connectivity index (χ3n) is 7.18. The maximum Gasteiger partial charge on any atom is 0.324 e. The second-order valence-corrected chi connectivity index (χ2v) is 12.1. The molecule has 0 aliphatic heterocycles. The first-order chi connectivity index (χ1) is 20.6. The number of amides is 1. The lowest BCUT2D eigenvalue weighted by Gasteiger charge is -2.19. The largest absolute Gasteiger partial charge is 0.468 e. The Morgan fingerprint density at radius 3 is 2.16 bits per heavy atom. The molecule has 10 heteroatoms. The standard InChI is InChI=1S/C33H31N3O6S/c1-20(2)30(33(38)41-4)36-43(39,40)26-16-12-23(13-17-26)22-10-14-25(15-11-22)35-32(37)31-21(3)29-27(8-5-9-28(29)42-31)24-7-6-18-34-19-24/h5-20,30,36H,1-4H3,(H,35,37). The smallest absolute Gasteiger partial charge is 0.324 e. The van der Waals surface area contributed by atoms with Gasteiger partial charge in [0.1, 0.15) is 11.6 Å². The van der Waals surface area contributed by atoms with Gasteiger partial charge in [0, 0.05) is 34.6 Å². The van der Waals surface area contributed by atoms with Crippen LogP contribution in [0.15, 0.2) is 101 Å². The molecule has 5 rings (SSSR count). The van der Waals surface area contributed by atoms with Gasteiger partial charge in [-0.1, -0.05) is 56.3 Å². The molecule has 9 nitrogen and oxygen atoms in total. The first-order valence-electron chi connectivity index (χ1n) is 13.6. The Balaban J connectivity index is 1.31. The number of fused-ring (bicyclic) bond motifs is 1. The lowest BCUT2D eigenvalue weighted by atomic mass is 10.00. The highest BCUT2D eigenvalue weighted by molar-refractivity contribution is 7.89. The van der Waals surface area contributed by atoms with Gasteiger partial charge in [-0.3, -0.25) is 14.6 Å². The fourth-order valence-corrected chi connectivity index (χ4v) is 6.19. The Bertz CT molecular complexity index is 1880. The van der Waals surface area contributed by atoms with Crippen molar-refractivity contribution in [3.05, 3.63) is 103 Å². The molecule has 3 aromatic carbocycles. The van der Waals surface area contributed by atoms with Gasteiger partial charge >= 0.3 is 5.97 Å². The van der Waals surface area contributed by atoms with Gasteiger partial charge in [-0.05, 0) is 65.9 Å². The summed E-state index contributed by atoms with van der Waals surface area (Å²) in [5, 5.41) is 3.76. The zero-order valence-electron chi connectivity index (χ0n) is 24.1. The van der Waals surface area contributed by atoms with E-state index in [4.69, 9.17) is 9.15 Å². The summed E-state index contributed by atoms with van der Waals surface area (Å²) >= 11 is 0. The van der Waals surface area contributed by atoms with Gasteiger partial charge in [0.2, 0.25) is 10.0 Å². The van der Waals surface area contributed by atoms with Crippen molar-refractivity contribution < 1.29 is 27.2 Å². The van der Waals surface area contributed by atoms with Crippen LogP contribution in [0.4, 0.5) is 5.69 Å². The number of anilines is 1. The number of rotatable bonds is 9. The topological polar surface area (TPSA) is 128 Å². The number of benzene rings is 3. The van der Waals surface area contributed by atoms with Gasteiger partial charge in [-0.15, -0.1) is 0 Å². The van der Waals surface area contributed by atoms with Crippen molar-refractivity contribution in [2.75, 3.05) is 12.4 Å². The van der Waals surface area contributed by atoms with Crippen molar-refractivity contribution in [3.63, 3.8) is 0 Å². The molecule has 0 aliphatic rings. The lowest BCUT2D eigenvalue weighted by Crippen LogP contribution is -2.44. The Hall–Kier alpha value is -4.80. The molecular weight excluding hydrogens is 566 g/mol. The Morgan fingerprint density at radius 1 is 0.884 bits per heavy atom. The number of aromatic nitrogens is 1. The number of hydrogen-bond donors (Lipinski definition) is 2. The summed E-state index contributed by atoms with van der Waals surface area (Å²) in [6, 6.07) is 22.0. The molecule has 1 unspecified atom stereocenters. The number of nitrogens with one attached hydrogen (secondary N) is 2. The van der Waals surface area contributed by atoms with Crippen molar-refractivity contribution in [1.82, 2.24) is 9.71 Å². The molecule has 1 amide bonds. The normalized spacial score (nSPS) is 12.3. The maximum atomic E-state index is 13.2. The second-order valence-electron chi connectivity index (χ2n) is 10.4. The second kappa shape index (κ2) is 12.2. The minimum Gasteiger partial charge on any atom is -0.468 e. The molecule has 5 aromatic rings. The monoisotopic (exact) mass is 597 g/mol. The van der Waals surface area contributed by atoms with Crippen LogP contribution in [0.25, 0.3) is 33.2 Å². The summed E-state index contributed by atoms with van der Waals surface area (Å²) in [6.45, 7) is 5.33. The number of nitrogens with zero attached hydrogens (tertiary/aromatic N) is 1. The van der Waals surface area contributed by atoms with Gasteiger partial charge in [0.05, 0.1) is 12.0 Å². The van der Waals surface area contributed by atoms with Crippen LogP contribution in [0.2, 0.25) is 0 Å². The first-order valence-corrected chi connectivity index (χ1v) is 15.1. The van der Waals surface area contributed by atoms with Crippen LogP contribution >= 0.6 is 0 Å². The number of methoxy groups -OCH3 is 1. The first kappa shape index (κ1) is 29.7. The zero-order chi connectivity index (χ0) is 30.7. The average molecular weight is 598 g/mol. The number of hydrogen-bond acceptors (Lipinski definition) is 7. The minimum atomic E-state index is -3.95. The summed E-state index contributed by atoms with van der Waals surface area (Å²) in [7, 11) is -2.73. The van der Waals surface area contributed by atoms with E-state index in [0.29, 0.717) is 11.3 Å². The summed E-state index contributed by atoms with van der Waals surface area (Å²) in [5.41, 5.74) is 5.40. The zero-order valence-corrected chi connectivity index (χ0v) is 24.9. The average Bonchev–Trinajstić information content (AvgIpc) is 3.37. The summed E-state index contributed by atoms with van der Waals surface area (Å²) in [4.78, 5) is 29.5. The molecular formula is C33H31N3O6S. The molecule has 0 saturated carbocycles. The van der Waals surface area contributed by atoms with Gasteiger partial charge in [0.15, 0.2) is 5.76 Å².